The molecule has 0 radical (unpaired) electrons. The molecule has 1 unspecified atom stereocenters. The quantitative estimate of drug-likeness (QED) is 0.180. The first kappa shape index (κ1) is 27.7. The Morgan fingerprint density at radius 3 is 2.44 bits per heavy atom. The normalized spacial score (nSPS) is 12.6. The predicted octanol–water partition coefficient (Wildman–Crippen LogP) is 7.30. The highest BCUT2D eigenvalue weighted by molar-refractivity contribution is 5.99. The lowest BCUT2D eigenvalue weighted by molar-refractivity contribution is -0.119. The fourth-order valence-electron chi connectivity index (χ4n) is 4.74. The predicted molar refractivity (Wildman–Crippen MR) is 160 cm³/mol. The molecule has 0 bridgehead atoms. The molecule has 2 heterocycles. The van der Waals surface area contributed by atoms with E-state index in [1.165, 1.54) is 12.1 Å². The maximum absolute atomic E-state index is 13.4. The fourth-order valence-corrected chi connectivity index (χ4v) is 4.74. The molecule has 0 aliphatic heterocycles. The highest BCUT2D eigenvalue weighted by Crippen LogP contribution is 2.28. The summed E-state index contributed by atoms with van der Waals surface area (Å²) in [5.41, 5.74) is 3.71. The van der Waals surface area contributed by atoms with Crippen molar-refractivity contribution in [3.8, 4) is 22.8 Å². The summed E-state index contributed by atoms with van der Waals surface area (Å²) in [7, 11) is 0. The maximum atomic E-state index is 13.4. The van der Waals surface area contributed by atoms with E-state index in [1.54, 1.807) is 30.5 Å². The van der Waals surface area contributed by atoms with E-state index >= 15 is 0 Å². The third-order valence-corrected chi connectivity index (χ3v) is 7.11. The number of anilines is 1. The second kappa shape index (κ2) is 12.1. The minimum absolute atomic E-state index is 0.110. The largest absolute Gasteiger partial charge is 0.346 e. The van der Waals surface area contributed by atoms with E-state index in [-0.39, 0.29) is 29.6 Å². The van der Waals surface area contributed by atoms with Gasteiger partial charge in [0.15, 0.2) is 5.82 Å². The van der Waals surface area contributed by atoms with Crippen LogP contribution in [0.1, 0.15) is 55.6 Å². The van der Waals surface area contributed by atoms with Crippen molar-refractivity contribution < 1.29 is 14.0 Å². The van der Waals surface area contributed by atoms with Gasteiger partial charge in [-0.2, -0.15) is 0 Å². The number of imidazole rings is 1. The first-order chi connectivity index (χ1) is 19.8. The van der Waals surface area contributed by atoms with Gasteiger partial charge in [-0.3, -0.25) is 14.6 Å². The molecule has 5 rings (SSSR count). The number of aromatic nitrogens is 3. The van der Waals surface area contributed by atoms with Crippen LogP contribution in [0.15, 0.2) is 85.2 Å². The molecule has 7 nitrogen and oxygen atoms in total. The van der Waals surface area contributed by atoms with Gasteiger partial charge in [-0.15, -0.1) is 0 Å². The summed E-state index contributed by atoms with van der Waals surface area (Å²) in [6.45, 7) is 5.76. The molecule has 2 atom stereocenters. The van der Waals surface area contributed by atoms with E-state index in [4.69, 9.17) is 0 Å². The molecule has 0 aliphatic carbocycles. The zero-order valence-electron chi connectivity index (χ0n) is 23.2. The first-order valence-electron chi connectivity index (χ1n) is 13.7. The van der Waals surface area contributed by atoms with Gasteiger partial charge in [-0.25, -0.2) is 9.37 Å². The molecule has 0 aliphatic rings. The number of hydrogen-bond donors (Lipinski definition) is 3. The third kappa shape index (κ3) is 6.49. The fraction of sp³-hybridized carbons (Fsp3) is 0.212. The summed E-state index contributed by atoms with van der Waals surface area (Å²) >= 11 is 0. The minimum atomic E-state index is -0.355. The zero-order valence-corrected chi connectivity index (χ0v) is 23.2. The van der Waals surface area contributed by atoms with Crippen molar-refractivity contribution in [3.05, 3.63) is 102 Å². The summed E-state index contributed by atoms with van der Waals surface area (Å²) in [6, 6.07) is 20.8. The number of halogens is 1. The highest BCUT2D eigenvalue weighted by atomic mass is 19.1. The molecule has 0 saturated heterocycles. The van der Waals surface area contributed by atoms with Crippen LogP contribution in [0, 0.1) is 11.7 Å². The van der Waals surface area contributed by atoms with Crippen molar-refractivity contribution in [3.63, 3.8) is 0 Å². The molecule has 0 saturated carbocycles. The SMILES string of the molecule is CCCC(C)C(=O)Nc1cc(C(=O)N[C@H](C)c2ccc(F)cc2)cc(-c2cnc(-c3cc4ccccc4cn3)[nH]2)c1. The van der Waals surface area contributed by atoms with E-state index in [1.807, 2.05) is 63.4 Å². The van der Waals surface area contributed by atoms with E-state index in [0.717, 1.165) is 29.2 Å². The standard InChI is InChI=1S/C33H32FN5O2/c1-4-7-20(2)32(40)38-28-15-25(14-26(16-28)33(41)37-21(3)22-10-12-27(34)13-11-22)30-19-36-31(39-30)29-17-23-8-5-6-9-24(23)18-35-29/h5-6,8-21H,4,7H2,1-3H3,(H,36,39)(H,37,41)(H,38,40)/t20?,21-/m1/s1. The number of benzene rings is 3. The summed E-state index contributed by atoms with van der Waals surface area (Å²) < 4.78 is 13.4. The van der Waals surface area contributed by atoms with E-state index < -0.39 is 0 Å². The highest BCUT2D eigenvalue weighted by Gasteiger charge is 2.18. The first-order valence-corrected chi connectivity index (χ1v) is 13.7. The van der Waals surface area contributed by atoms with Gasteiger partial charge < -0.3 is 15.6 Å². The number of hydrogen-bond acceptors (Lipinski definition) is 4. The van der Waals surface area contributed by atoms with Crippen LogP contribution >= 0.6 is 0 Å². The topological polar surface area (TPSA) is 99.8 Å². The van der Waals surface area contributed by atoms with Gasteiger partial charge in [0.25, 0.3) is 5.91 Å². The Morgan fingerprint density at radius 1 is 0.927 bits per heavy atom. The Hall–Kier alpha value is -4.85. The Labute approximate surface area is 238 Å². The summed E-state index contributed by atoms with van der Waals surface area (Å²) in [5, 5.41) is 8.03. The molecule has 208 valence electrons. The van der Waals surface area contributed by atoms with Crippen molar-refractivity contribution in [2.75, 3.05) is 5.32 Å². The third-order valence-electron chi connectivity index (χ3n) is 7.11. The molecule has 2 amide bonds. The smallest absolute Gasteiger partial charge is 0.251 e. The number of H-pyrrole nitrogens is 1. The number of aromatic amines is 1. The molecule has 41 heavy (non-hydrogen) atoms. The van der Waals surface area contributed by atoms with Crippen LogP contribution in [0.4, 0.5) is 10.1 Å². The number of fused-ring (bicyclic) bond motifs is 1. The van der Waals surface area contributed by atoms with Crippen LogP contribution in [-0.2, 0) is 4.79 Å². The Bertz CT molecular complexity index is 1700. The summed E-state index contributed by atoms with van der Waals surface area (Å²) in [4.78, 5) is 38.6. The summed E-state index contributed by atoms with van der Waals surface area (Å²) in [6.07, 6.45) is 5.15. The minimum Gasteiger partial charge on any atom is -0.346 e. The Morgan fingerprint density at radius 2 is 1.68 bits per heavy atom. The van der Waals surface area contributed by atoms with Gasteiger partial charge in [0, 0.05) is 34.3 Å². The molecule has 2 aromatic heterocycles. The van der Waals surface area contributed by atoms with Crippen LogP contribution in [-0.4, -0.2) is 26.8 Å². The van der Waals surface area contributed by atoms with Gasteiger partial charge in [-0.1, -0.05) is 56.7 Å². The van der Waals surface area contributed by atoms with Crippen LogP contribution in [0.25, 0.3) is 33.5 Å². The number of nitrogens with one attached hydrogen (secondary N) is 3. The maximum Gasteiger partial charge on any atom is 0.251 e. The van der Waals surface area contributed by atoms with Crippen LogP contribution in [0.3, 0.4) is 0 Å². The van der Waals surface area contributed by atoms with Crippen molar-refractivity contribution in [2.45, 2.75) is 39.7 Å². The Balaban J connectivity index is 1.46. The lowest BCUT2D eigenvalue weighted by Crippen LogP contribution is -2.27. The second-order valence-electron chi connectivity index (χ2n) is 10.3. The number of rotatable bonds is 9. The number of nitrogens with zero attached hydrogens (tertiary/aromatic N) is 2. The van der Waals surface area contributed by atoms with Crippen LogP contribution < -0.4 is 10.6 Å². The van der Waals surface area contributed by atoms with Gasteiger partial charge in [-0.05, 0) is 60.7 Å². The van der Waals surface area contributed by atoms with Gasteiger partial charge in [0.1, 0.15) is 11.5 Å². The number of amides is 2. The molecule has 0 fully saturated rings. The van der Waals surface area contributed by atoms with Crippen molar-refractivity contribution in [1.82, 2.24) is 20.3 Å². The van der Waals surface area contributed by atoms with E-state index in [2.05, 4.69) is 25.6 Å². The van der Waals surface area contributed by atoms with E-state index in [0.29, 0.717) is 34.0 Å². The molecule has 3 aromatic carbocycles. The number of carbonyl (C=O) groups excluding carboxylic acids is 2. The summed E-state index contributed by atoms with van der Waals surface area (Å²) in [5.74, 6) is -0.349. The van der Waals surface area contributed by atoms with Gasteiger partial charge >= 0.3 is 0 Å². The molecule has 0 spiro atoms. The second-order valence-corrected chi connectivity index (χ2v) is 10.3. The number of carbonyl (C=O) groups is 2. The zero-order chi connectivity index (χ0) is 28.9. The van der Waals surface area contributed by atoms with Gasteiger partial charge in [0.2, 0.25) is 5.91 Å². The van der Waals surface area contributed by atoms with E-state index in [9.17, 15) is 14.0 Å². The van der Waals surface area contributed by atoms with Crippen LogP contribution in [0.2, 0.25) is 0 Å². The van der Waals surface area contributed by atoms with Crippen LogP contribution in [0.5, 0.6) is 0 Å². The molecular weight excluding hydrogens is 517 g/mol. The Kier molecular flexibility index (Phi) is 8.19. The molecule has 5 aromatic rings. The van der Waals surface area contributed by atoms with Crippen molar-refractivity contribution in [1.29, 1.82) is 0 Å². The average Bonchev–Trinajstić information content (AvgIpc) is 3.48. The van der Waals surface area contributed by atoms with Crippen molar-refractivity contribution >= 4 is 28.3 Å². The van der Waals surface area contributed by atoms with Gasteiger partial charge in [0.05, 0.1) is 17.9 Å². The van der Waals surface area contributed by atoms with Crippen molar-refractivity contribution in [2.24, 2.45) is 5.92 Å². The molecular formula is C33H32FN5O2. The molecule has 8 heteroatoms. The average molecular weight is 550 g/mol. The lowest BCUT2D eigenvalue weighted by Gasteiger charge is -2.16. The molecule has 3 N–H and O–H groups in total. The number of pyridine rings is 1. The monoisotopic (exact) mass is 549 g/mol. The lowest BCUT2D eigenvalue weighted by atomic mass is 10.0.